The van der Waals surface area contributed by atoms with Gasteiger partial charge in [0.15, 0.2) is 0 Å². The largest absolute Gasteiger partial charge is 0.326 e. The van der Waals surface area contributed by atoms with Crippen molar-refractivity contribution < 1.29 is 17.2 Å². The highest BCUT2D eigenvalue weighted by Crippen LogP contribution is 2.22. The molecule has 0 radical (unpaired) electrons. The van der Waals surface area contributed by atoms with Crippen LogP contribution in [0.25, 0.3) is 0 Å². The molecule has 4 nitrogen and oxygen atoms in total. The van der Waals surface area contributed by atoms with E-state index in [1.54, 1.807) is 19.1 Å². The van der Waals surface area contributed by atoms with Gasteiger partial charge < -0.3 is 5.73 Å². The molecule has 21 heavy (non-hydrogen) atoms. The second kappa shape index (κ2) is 5.79. The van der Waals surface area contributed by atoms with Crippen molar-refractivity contribution in [3.63, 3.8) is 0 Å². The SMILES string of the molecule is Cc1cc(CN)ccc1S(=O)(=O)Nc1cc(F)ccc1F. The van der Waals surface area contributed by atoms with Gasteiger partial charge in [0, 0.05) is 12.6 Å². The maximum Gasteiger partial charge on any atom is 0.262 e. The molecule has 7 heteroatoms. The molecule has 3 N–H and O–H groups in total. The van der Waals surface area contributed by atoms with E-state index in [9.17, 15) is 17.2 Å². The average Bonchev–Trinajstić information content (AvgIpc) is 2.42. The number of nitrogens with two attached hydrogens (primary N) is 1. The highest BCUT2D eigenvalue weighted by molar-refractivity contribution is 7.92. The molecular weight excluding hydrogens is 298 g/mol. The first-order valence-corrected chi connectivity index (χ1v) is 7.59. The van der Waals surface area contributed by atoms with Crippen molar-refractivity contribution in [3.05, 3.63) is 59.2 Å². The maximum atomic E-state index is 13.5. The summed E-state index contributed by atoms with van der Waals surface area (Å²) in [4.78, 5) is -0.0108. The molecule has 0 unspecified atom stereocenters. The number of sulfonamides is 1. The lowest BCUT2D eigenvalue weighted by Gasteiger charge is -2.12. The summed E-state index contributed by atoms with van der Waals surface area (Å²) in [7, 11) is -4.01. The van der Waals surface area contributed by atoms with Gasteiger partial charge in [-0.25, -0.2) is 17.2 Å². The Morgan fingerprint density at radius 1 is 1.14 bits per heavy atom. The van der Waals surface area contributed by atoms with Crippen LogP contribution < -0.4 is 10.5 Å². The molecule has 0 saturated heterocycles. The van der Waals surface area contributed by atoms with Crippen LogP contribution in [0.2, 0.25) is 0 Å². The van der Waals surface area contributed by atoms with E-state index in [1.807, 2.05) is 4.72 Å². The zero-order valence-electron chi connectivity index (χ0n) is 11.2. The zero-order chi connectivity index (χ0) is 15.6. The topological polar surface area (TPSA) is 72.2 Å². The van der Waals surface area contributed by atoms with E-state index in [4.69, 9.17) is 5.73 Å². The van der Waals surface area contributed by atoms with Crippen LogP contribution in [0.15, 0.2) is 41.3 Å². The van der Waals surface area contributed by atoms with E-state index in [0.29, 0.717) is 5.56 Å². The minimum atomic E-state index is -4.01. The molecule has 0 bridgehead atoms. The van der Waals surface area contributed by atoms with Crippen LogP contribution in [0.3, 0.4) is 0 Å². The molecule has 0 atom stereocenters. The van der Waals surface area contributed by atoms with Crippen LogP contribution in [-0.4, -0.2) is 8.42 Å². The Balaban J connectivity index is 2.41. The lowest BCUT2D eigenvalue weighted by atomic mass is 10.1. The van der Waals surface area contributed by atoms with E-state index in [-0.39, 0.29) is 11.4 Å². The normalized spacial score (nSPS) is 11.4. The number of aryl methyl sites for hydroxylation is 1. The van der Waals surface area contributed by atoms with E-state index in [2.05, 4.69) is 0 Å². The first-order chi connectivity index (χ1) is 9.83. The fourth-order valence-electron chi connectivity index (χ4n) is 1.92. The molecule has 0 saturated carbocycles. The molecule has 2 aromatic rings. The lowest BCUT2D eigenvalue weighted by Crippen LogP contribution is -2.15. The highest BCUT2D eigenvalue weighted by Gasteiger charge is 2.19. The Kier molecular flexibility index (Phi) is 4.24. The standard InChI is InChI=1S/C14H14F2N2O2S/c1-9-6-10(8-17)2-5-14(9)21(19,20)18-13-7-11(15)3-4-12(13)16/h2-7,18H,8,17H2,1H3. The molecule has 0 aliphatic heterocycles. The highest BCUT2D eigenvalue weighted by atomic mass is 32.2. The van der Waals surface area contributed by atoms with Gasteiger partial charge in [0.05, 0.1) is 10.6 Å². The van der Waals surface area contributed by atoms with E-state index in [1.165, 1.54) is 6.07 Å². The molecule has 0 fully saturated rings. The molecule has 0 aliphatic carbocycles. The third-order valence-corrected chi connectivity index (χ3v) is 4.46. The van der Waals surface area contributed by atoms with Gasteiger partial charge in [0.2, 0.25) is 0 Å². The number of anilines is 1. The van der Waals surface area contributed by atoms with Crippen LogP contribution in [0, 0.1) is 18.6 Å². The third kappa shape index (κ3) is 3.37. The second-order valence-electron chi connectivity index (χ2n) is 4.53. The summed E-state index contributed by atoms with van der Waals surface area (Å²) < 4.78 is 53.2. The third-order valence-electron chi connectivity index (χ3n) is 2.94. The van der Waals surface area contributed by atoms with Gasteiger partial charge in [0.25, 0.3) is 10.0 Å². The summed E-state index contributed by atoms with van der Waals surface area (Å²) in [6.07, 6.45) is 0. The van der Waals surface area contributed by atoms with Crippen molar-refractivity contribution in [2.45, 2.75) is 18.4 Å². The van der Waals surface area contributed by atoms with E-state index in [0.717, 1.165) is 23.8 Å². The summed E-state index contributed by atoms with van der Waals surface area (Å²) in [5.41, 5.74) is 6.30. The van der Waals surface area contributed by atoms with Crippen molar-refractivity contribution in [1.82, 2.24) is 0 Å². The Labute approximate surface area is 121 Å². The minimum absolute atomic E-state index is 0.0108. The summed E-state index contributed by atoms with van der Waals surface area (Å²) in [5.74, 6) is -1.58. The van der Waals surface area contributed by atoms with Crippen LogP contribution in [-0.2, 0) is 16.6 Å². The van der Waals surface area contributed by atoms with Crippen LogP contribution in [0.1, 0.15) is 11.1 Å². The summed E-state index contributed by atoms with van der Waals surface area (Å²) >= 11 is 0. The second-order valence-corrected chi connectivity index (χ2v) is 6.18. The molecule has 0 aromatic heterocycles. The molecule has 0 amide bonds. The molecule has 0 aliphatic rings. The van der Waals surface area contributed by atoms with Crippen molar-refractivity contribution in [1.29, 1.82) is 0 Å². The van der Waals surface area contributed by atoms with Gasteiger partial charge in [-0.05, 0) is 36.2 Å². The molecule has 0 heterocycles. The number of halogens is 2. The van der Waals surface area contributed by atoms with Gasteiger partial charge in [-0.3, -0.25) is 4.72 Å². The minimum Gasteiger partial charge on any atom is -0.326 e. The van der Waals surface area contributed by atoms with Crippen molar-refractivity contribution in [2.75, 3.05) is 4.72 Å². The molecular formula is C14H14F2N2O2S. The van der Waals surface area contributed by atoms with E-state index >= 15 is 0 Å². The van der Waals surface area contributed by atoms with Gasteiger partial charge in [-0.15, -0.1) is 0 Å². The van der Waals surface area contributed by atoms with Gasteiger partial charge in [-0.2, -0.15) is 0 Å². The zero-order valence-corrected chi connectivity index (χ0v) is 12.0. The van der Waals surface area contributed by atoms with Crippen molar-refractivity contribution >= 4 is 15.7 Å². The van der Waals surface area contributed by atoms with E-state index < -0.39 is 27.3 Å². The predicted octanol–water partition coefficient (Wildman–Crippen LogP) is 2.53. The van der Waals surface area contributed by atoms with Gasteiger partial charge >= 0.3 is 0 Å². The van der Waals surface area contributed by atoms with Crippen LogP contribution in [0.5, 0.6) is 0 Å². The maximum absolute atomic E-state index is 13.5. The number of hydrogen-bond acceptors (Lipinski definition) is 3. The summed E-state index contributed by atoms with van der Waals surface area (Å²) in [6, 6.07) is 7.15. The Hall–Kier alpha value is -1.99. The summed E-state index contributed by atoms with van der Waals surface area (Å²) in [5, 5.41) is 0. The van der Waals surface area contributed by atoms with Gasteiger partial charge in [0.1, 0.15) is 11.6 Å². The molecule has 2 aromatic carbocycles. The van der Waals surface area contributed by atoms with Gasteiger partial charge in [-0.1, -0.05) is 12.1 Å². The Morgan fingerprint density at radius 3 is 2.48 bits per heavy atom. The number of hydrogen-bond donors (Lipinski definition) is 2. The van der Waals surface area contributed by atoms with Crippen molar-refractivity contribution in [2.24, 2.45) is 5.73 Å². The molecule has 112 valence electrons. The van der Waals surface area contributed by atoms with Crippen LogP contribution in [0.4, 0.5) is 14.5 Å². The van der Waals surface area contributed by atoms with Crippen molar-refractivity contribution in [3.8, 4) is 0 Å². The lowest BCUT2D eigenvalue weighted by molar-refractivity contribution is 0.594. The monoisotopic (exact) mass is 312 g/mol. The average molecular weight is 312 g/mol. The smallest absolute Gasteiger partial charge is 0.262 e. The van der Waals surface area contributed by atoms with Crippen LogP contribution >= 0.6 is 0 Å². The fourth-order valence-corrected chi connectivity index (χ4v) is 3.20. The number of rotatable bonds is 4. The number of benzene rings is 2. The number of nitrogens with one attached hydrogen (secondary N) is 1. The first kappa shape index (κ1) is 15.4. The molecule has 0 spiro atoms. The molecule has 2 rings (SSSR count). The fraction of sp³-hybridized carbons (Fsp3) is 0.143. The Bertz CT molecular complexity index is 777. The predicted molar refractivity (Wildman–Crippen MR) is 76.2 cm³/mol. The summed E-state index contributed by atoms with van der Waals surface area (Å²) in [6.45, 7) is 1.89. The Morgan fingerprint density at radius 2 is 1.86 bits per heavy atom. The first-order valence-electron chi connectivity index (χ1n) is 6.11. The quantitative estimate of drug-likeness (QED) is 0.911.